The zero-order valence-corrected chi connectivity index (χ0v) is 16.2. The van der Waals surface area contributed by atoms with Crippen molar-refractivity contribution in [2.24, 2.45) is 0 Å². The second kappa shape index (κ2) is 8.84. The Morgan fingerprint density at radius 1 is 1.19 bits per heavy atom. The highest BCUT2D eigenvalue weighted by Gasteiger charge is 2.25. The van der Waals surface area contributed by atoms with Crippen LogP contribution in [0.3, 0.4) is 0 Å². The molecule has 0 bridgehead atoms. The quantitative estimate of drug-likeness (QED) is 0.781. The van der Waals surface area contributed by atoms with E-state index in [2.05, 4.69) is 24.0 Å². The minimum absolute atomic E-state index is 0.0220. The number of piperidine rings is 1. The first-order valence-electron chi connectivity index (χ1n) is 9.49. The van der Waals surface area contributed by atoms with Crippen molar-refractivity contribution in [1.29, 1.82) is 0 Å². The van der Waals surface area contributed by atoms with E-state index in [-0.39, 0.29) is 18.6 Å². The summed E-state index contributed by atoms with van der Waals surface area (Å²) < 4.78 is 11.5. The van der Waals surface area contributed by atoms with Gasteiger partial charge in [-0.1, -0.05) is 26.0 Å². The van der Waals surface area contributed by atoms with Crippen LogP contribution in [-0.2, 0) is 4.79 Å². The van der Waals surface area contributed by atoms with E-state index in [9.17, 15) is 4.79 Å². The van der Waals surface area contributed by atoms with Crippen molar-refractivity contribution in [2.75, 3.05) is 19.7 Å². The molecule has 144 valence electrons. The first kappa shape index (κ1) is 19.1. The van der Waals surface area contributed by atoms with Gasteiger partial charge in [0.15, 0.2) is 6.61 Å². The number of hydrogen-bond donors (Lipinski definition) is 0. The fourth-order valence-corrected chi connectivity index (χ4v) is 3.07. The molecule has 0 saturated carbocycles. The van der Waals surface area contributed by atoms with Crippen LogP contribution in [0.2, 0.25) is 0 Å². The number of rotatable bonds is 6. The number of aromatic nitrogens is 2. The molecule has 2 heterocycles. The van der Waals surface area contributed by atoms with Crippen LogP contribution in [0.25, 0.3) is 0 Å². The van der Waals surface area contributed by atoms with Crippen LogP contribution in [0.5, 0.6) is 11.6 Å². The molecular formula is C21H27N3O3. The lowest BCUT2D eigenvalue weighted by atomic mass is 10.0. The first-order valence-corrected chi connectivity index (χ1v) is 9.49. The zero-order chi connectivity index (χ0) is 19.2. The van der Waals surface area contributed by atoms with E-state index in [1.165, 1.54) is 5.56 Å². The van der Waals surface area contributed by atoms with E-state index in [0.29, 0.717) is 24.1 Å². The van der Waals surface area contributed by atoms with Gasteiger partial charge in [-0.25, -0.2) is 0 Å². The maximum absolute atomic E-state index is 12.5. The molecule has 0 N–H and O–H groups in total. The number of carbonyl (C=O) groups is 1. The number of benzene rings is 1. The van der Waals surface area contributed by atoms with Crippen LogP contribution >= 0.6 is 0 Å². The van der Waals surface area contributed by atoms with Crippen LogP contribution in [0, 0.1) is 6.92 Å². The Kier molecular flexibility index (Phi) is 6.27. The summed E-state index contributed by atoms with van der Waals surface area (Å²) >= 11 is 0. The topological polar surface area (TPSA) is 64.5 Å². The van der Waals surface area contributed by atoms with Gasteiger partial charge in [0, 0.05) is 12.6 Å². The van der Waals surface area contributed by atoms with E-state index in [1.54, 1.807) is 4.90 Å². The molecule has 1 amide bonds. The van der Waals surface area contributed by atoms with Crippen LogP contribution in [0.4, 0.5) is 0 Å². The summed E-state index contributed by atoms with van der Waals surface area (Å²) in [5, 5.41) is 8.04. The summed E-state index contributed by atoms with van der Waals surface area (Å²) in [5.74, 6) is 1.67. The standard InChI is InChI=1S/C21H27N3O3/c1-15(2)17-7-9-18(10-8-17)26-14-21(25)24-12-4-5-19(13-24)27-20-11-6-16(3)22-23-20/h6-11,15,19H,4-5,12-14H2,1-3H3. The number of carbonyl (C=O) groups excluding carboxylic acids is 1. The molecule has 1 saturated heterocycles. The Labute approximate surface area is 160 Å². The van der Waals surface area contributed by atoms with Gasteiger partial charge in [0.1, 0.15) is 11.9 Å². The van der Waals surface area contributed by atoms with Gasteiger partial charge in [-0.2, -0.15) is 5.10 Å². The Morgan fingerprint density at radius 3 is 2.63 bits per heavy atom. The molecule has 2 aromatic rings. The van der Waals surface area contributed by atoms with E-state index in [1.807, 2.05) is 43.3 Å². The molecule has 1 aromatic carbocycles. The minimum Gasteiger partial charge on any atom is -0.484 e. The molecule has 1 atom stereocenters. The van der Waals surface area contributed by atoms with Crippen molar-refractivity contribution in [1.82, 2.24) is 15.1 Å². The molecule has 1 unspecified atom stereocenters. The fraction of sp³-hybridized carbons (Fsp3) is 0.476. The molecule has 1 fully saturated rings. The van der Waals surface area contributed by atoms with Crippen molar-refractivity contribution in [3.63, 3.8) is 0 Å². The number of nitrogens with zero attached hydrogens (tertiary/aromatic N) is 3. The van der Waals surface area contributed by atoms with Gasteiger partial charge in [0.2, 0.25) is 5.88 Å². The van der Waals surface area contributed by atoms with Gasteiger partial charge in [-0.05, 0) is 49.4 Å². The largest absolute Gasteiger partial charge is 0.484 e. The molecular weight excluding hydrogens is 342 g/mol. The van der Waals surface area contributed by atoms with Crippen molar-refractivity contribution >= 4 is 5.91 Å². The smallest absolute Gasteiger partial charge is 0.260 e. The molecule has 27 heavy (non-hydrogen) atoms. The summed E-state index contributed by atoms with van der Waals surface area (Å²) in [6.07, 6.45) is 1.74. The highest BCUT2D eigenvalue weighted by Crippen LogP contribution is 2.19. The maximum Gasteiger partial charge on any atom is 0.260 e. The summed E-state index contributed by atoms with van der Waals surface area (Å²) in [5.41, 5.74) is 2.10. The average molecular weight is 369 g/mol. The normalized spacial score (nSPS) is 17.0. The molecule has 1 aliphatic rings. The second-order valence-electron chi connectivity index (χ2n) is 7.25. The van der Waals surface area contributed by atoms with Crippen molar-refractivity contribution in [3.05, 3.63) is 47.7 Å². The van der Waals surface area contributed by atoms with Crippen LogP contribution in [0.15, 0.2) is 36.4 Å². The molecule has 6 nitrogen and oxygen atoms in total. The number of ether oxygens (including phenoxy) is 2. The van der Waals surface area contributed by atoms with Crippen molar-refractivity contribution < 1.29 is 14.3 Å². The number of aryl methyl sites for hydroxylation is 1. The number of hydrogen-bond acceptors (Lipinski definition) is 5. The minimum atomic E-state index is -0.0648. The van der Waals surface area contributed by atoms with E-state index in [0.717, 1.165) is 25.1 Å². The Morgan fingerprint density at radius 2 is 1.96 bits per heavy atom. The molecule has 0 radical (unpaired) electrons. The molecule has 0 spiro atoms. The summed E-state index contributed by atoms with van der Waals surface area (Å²) in [6.45, 7) is 7.50. The van der Waals surface area contributed by atoms with E-state index < -0.39 is 0 Å². The predicted molar refractivity (Wildman–Crippen MR) is 103 cm³/mol. The summed E-state index contributed by atoms with van der Waals surface area (Å²) in [4.78, 5) is 14.3. The van der Waals surface area contributed by atoms with Gasteiger partial charge < -0.3 is 14.4 Å². The van der Waals surface area contributed by atoms with Crippen molar-refractivity contribution in [3.8, 4) is 11.6 Å². The highest BCUT2D eigenvalue weighted by atomic mass is 16.5. The van der Waals surface area contributed by atoms with E-state index >= 15 is 0 Å². The molecule has 3 rings (SSSR count). The average Bonchev–Trinajstić information content (AvgIpc) is 2.68. The fourth-order valence-electron chi connectivity index (χ4n) is 3.07. The second-order valence-corrected chi connectivity index (χ2v) is 7.25. The monoisotopic (exact) mass is 369 g/mol. The lowest BCUT2D eigenvalue weighted by Gasteiger charge is -2.32. The number of amides is 1. The third-order valence-electron chi connectivity index (χ3n) is 4.70. The Hall–Kier alpha value is -2.63. The van der Waals surface area contributed by atoms with Crippen LogP contribution in [0.1, 0.15) is 43.9 Å². The van der Waals surface area contributed by atoms with Gasteiger partial charge in [-0.3, -0.25) is 4.79 Å². The third kappa shape index (κ3) is 5.42. The Balaban J connectivity index is 1.49. The third-order valence-corrected chi connectivity index (χ3v) is 4.70. The summed E-state index contributed by atoms with van der Waals surface area (Å²) in [6, 6.07) is 11.6. The summed E-state index contributed by atoms with van der Waals surface area (Å²) in [7, 11) is 0. The van der Waals surface area contributed by atoms with Crippen LogP contribution < -0.4 is 9.47 Å². The molecule has 1 aromatic heterocycles. The first-order chi connectivity index (χ1) is 13.0. The van der Waals surface area contributed by atoms with E-state index in [4.69, 9.17) is 9.47 Å². The van der Waals surface area contributed by atoms with Crippen molar-refractivity contribution in [2.45, 2.75) is 45.6 Å². The molecule has 0 aliphatic carbocycles. The maximum atomic E-state index is 12.5. The van der Waals surface area contributed by atoms with Gasteiger partial charge >= 0.3 is 0 Å². The molecule has 1 aliphatic heterocycles. The van der Waals surface area contributed by atoms with Gasteiger partial charge in [0.05, 0.1) is 12.2 Å². The van der Waals surface area contributed by atoms with Gasteiger partial charge in [-0.15, -0.1) is 5.10 Å². The van der Waals surface area contributed by atoms with Gasteiger partial charge in [0.25, 0.3) is 5.91 Å². The lowest BCUT2D eigenvalue weighted by Crippen LogP contribution is -2.46. The predicted octanol–water partition coefficient (Wildman–Crippen LogP) is 3.36. The lowest BCUT2D eigenvalue weighted by molar-refractivity contribution is -0.136. The molecule has 6 heteroatoms. The Bertz CT molecular complexity index is 744. The SMILES string of the molecule is Cc1ccc(OC2CCCN(C(=O)COc3ccc(C(C)C)cc3)C2)nn1. The van der Waals surface area contributed by atoms with Crippen LogP contribution in [-0.4, -0.2) is 46.8 Å². The highest BCUT2D eigenvalue weighted by molar-refractivity contribution is 5.77. The zero-order valence-electron chi connectivity index (χ0n) is 16.2. The number of likely N-dealkylation sites (tertiary alicyclic amines) is 1.